The Morgan fingerprint density at radius 3 is 2.46 bits per heavy atom. The van der Waals surface area contributed by atoms with E-state index in [-0.39, 0.29) is 10.7 Å². The smallest absolute Gasteiger partial charge is 0.418 e. The molecule has 0 heterocycles. The molecule has 0 radical (unpaired) electrons. The Balaban J connectivity index is 1.64. The molecule has 35 heavy (non-hydrogen) atoms. The predicted molar refractivity (Wildman–Crippen MR) is 140 cm³/mol. The van der Waals surface area contributed by atoms with Crippen molar-refractivity contribution in [3.8, 4) is 5.75 Å². The number of anilines is 3. The highest BCUT2D eigenvalue weighted by Gasteiger charge is 2.34. The zero-order valence-corrected chi connectivity index (χ0v) is 21.0. The first kappa shape index (κ1) is 26.7. The van der Waals surface area contributed by atoms with Gasteiger partial charge in [-0.2, -0.15) is 13.2 Å². The molecule has 3 N–H and O–H groups in total. The number of carbonyl (C=O) groups excluding carboxylic acids is 1. The lowest BCUT2D eigenvalue weighted by molar-refractivity contribution is -0.137. The zero-order valence-electron chi connectivity index (χ0n) is 18.6. The summed E-state index contributed by atoms with van der Waals surface area (Å²) in [6.07, 6.45) is -4.65. The highest BCUT2D eigenvalue weighted by atomic mass is 35.5. The lowest BCUT2D eigenvalue weighted by atomic mass is 10.1. The fraction of sp³-hybridized carbons (Fsp3) is 0.167. The molecule has 0 aliphatic rings. The third-order valence-electron chi connectivity index (χ3n) is 4.67. The Morgan fingerprint density at radius 2 is 1.74 bits per heavy atom. The van der Waals surface area contributed by atoms with Crippen molar-refractivity contribution in [3.05, 3.63) is 77.3 Å². The Morgan fingerprint density at radius 1 is 1.00 bits per heavy atom. The number of para-hydroxylation sites is 2. The number of benzene rings is 3. The van der Waals surface area contributed by atoms with Gasteiger partial charge in [-0.3, -0.25) is 4.79 Å². The summed E-state index contributed by atoms with van der Waals surface area (Å²) in [5.74, 6) is 0.0599. The molecule has 1 atom stereocenters. The highest BCUT2D eigenvalue weighted by molar-refractivity contribution is 8.00. The Hall–Kier alpha value is -2.95. The van der Waals surface area contributed by atoms with Crippen molar-refractivity contribution < 1.29 is 22.7 Å². The average Bonchev–Trinajstić information content (AvgIpc) is 2.80. The predicted octanol–water partition coefficient (Wildman–Crippen LogP) is 7.30. The van der Waals surface area contributed by atoms with E-state index in [0.29, 0.717) is 22.2 Å². The fourth-order valence-corrected chi connectivity index (χ4v) is 4.36. The van der Waals surface area contributed by atoms with Crippen molar-refractivity contribution in [1.29, 1.82) is 0 Å². The number of thioether (sulfide) groups is 1. The van der Waals surface area contributed by atoms with Crippen molar-refractivity contribution in [1.82, 2.24) is 0 Å². The number of rotatable bonds is 7. The van der Waals surface area contributed by atoms with Gasteiger partial charge in [0.15, 0.2) is 5.11 Å². The molecule has 11 heteroatoms. The number of hydrogen-bond acceptors (Lipinski definition) is 4. The van der Waals surface area contributed by atoms with E-state index in [0.717, 1.165) is 17.0 Å². The van der Waals surface area contributed by atoms with Gasteiger partial charge >= 0.3 is 6.18 Å². The molecule has 0 aliphatic carbocycles. The van der Waals surface area contributed by atoms with Crippen LogP contribution in [0, 0.1) is 0 Å². The van der Waals surface area contributed by atoms with Crippen LogP contribution < -0.4 is 20.7 Å². The van der Waals surface area contributed by atoms with E-state index in [9.17, 15) is 18.0 Å². The average molecular weight is 540 g/mol. The van der Waals surface area contributed by atoms with Gasteiger partial charge in [0.2, 0.25) is 5.91 Å². The molecule has 0 bridgehead atoms. The number of methoxy groups -OCH3 is 1. The van der Waals surface area contributed by atoms with E-state index in [4.69, 9.17) is 28.6 Å². The topological polar surface area (TPSA) is 62.4 Å². The second kappa shape index (κ2) is 11.7. The number of alkyl halides is 3. The number of amides is 1. The van der Waals surface area contributed by atoms with E-state index < -0.39 is 22.9 Å². The van der Waals surface area contributed by atoms with Crippen LogP contribution in [0.3, 0.4) is 0 Å². The molecule has 1 unspecified atom stereocenters. The molecule has 0 saturated carbocycles. The summed E-state index contributed by atoms with van der Waals surface area (Å²) in [7, 11) is 1.56. The second-order valence-electron chi connectivity index (χ2n) is 7.24. The summed E-state index contributed by atoms with van der Waals surface area (Å²) < 4.78 is 45.2. The van der Waals surface area contributed by atoms with Gasteiger partial charge in [0.05, 0.1) is 29.3 Å². The summed E-state index contributed by atoms with van der Waals surface area (Å²) in [5, 5.41) is 8.07. The normalized spacial score (nSPS) is 11.9. The van der Waals surface area contributed by atoms with Crippen LogP contribution in [0.5, 0.6) is 5.75 Å². The first-order chi connectivity index (χ1) is 16.6. The minimum atomic E-state index is -4.65. The molecular weight excluding hydrogens is 519 g/mol. The quantitative estimate of drug-likeness (QED) is 0.216. The minimum absolute atomic E-state index is 0.0693. The van der Waals surface area contributed by atoms with E-state index >= 15 is 0 Å². The van der Waals surface area contributed by atoms with Crippen LogP contribution in [0.4, 0.5) is 30.2 Å². The number of carbonyl (C=O) groups is 1. The van der Waals surface area contributed by atoms with Gasteiger partial charge < -0.3 is 20.7 Å². The number of thiocarbonyl (C=S) groups is 1. The Bertz CT molecular complexity index is 1220. The monoisotopic (exact) mass is 539 g/mol. The molecule has 0 fully saturated rings. The standard InChI is InChI=1S/C24H21ClF3N3O2S2/c1-14(22(32)30-19-11-10-15(25)12-18(19)24(26,27)28)35-17-7-5-6-16(13-17)29-23(34)31-20-8-3-4-9-21(20)33-2/h3-14H,1-2H3,(H,30,32)(H2,29,31,34). The lowest BCUT2D eigenvalue weighted by Gasteiger charge is -2.17. The first-order valence-electron chi connectivity index (χ1n) is 10.2. The SMILES string of the molecule is COc1ccccc1NC(=S)Nc1cccc(SC(C)C(=O)Nc2ccc(Cl)cc2C(F)(F)F)c1. The maximum atomic E-state index is 13.3. The van der Waals surface area contributed by atoms with Crippen LogP contribution in [0.25, 0.3) is 0 Å². The maximum absolute atomic E-state index is 13.3. The molecular formula is C24H21ClF3N3O2S2. The fourth-order valence-electron chi connectivity index (χ4n) is 3.03. The number of hydrogen-bond donors (Lipinski definition) is 3. The third-order valence-corrected chi connectivity index (χ3v) is 6.21. The molecule has 1 amide bonds. The third kappa shape index (κ3) is 7.51. The van der Waals surface area contributed by atoms with Crippen molar-refractivity contribution >= 4 is 63.7 Å². The Kier molecular flexibility index (Phi) is 8.87. The van der Waals surface area contributed by atoms with Crippen LogP contribution in [-0.4, -0.2) is 23.4 Å². The minimum Gasteiger partial charge on any atom is -0.495 e. The largest absolute Gasteiger partial charge is 0.495 e. The molecule has 3 aromatic carbocycles. The summed E-state index contributed by atoms with van der Waals surface area (Å²) in [6.45, 7) is 1.61. The molecule has 0 aliphatic heterocycles. The van der Waals surface area contributed by atoms with Crippen molar-refractivity contribution in [2.24, 2.45) is 0 Å². The summed E-state index contributed by atoms with van der Waals surface area (Å²) in [4.78, 5) is 13.3. The molecule has 0 saturated heterocycles. The van der Waals surface area contributed by atoms with Gasteiger partial charge in [0.1, 0.15) is 5.75 Å². The van der Waals surface area contributed by atoms with E-state index in [1.54, 1.807) is 44.4 Å². The first-order valence-corrected chi connectivity index (χ1v) is 11.9. The van der Waals surface area contributed by atoms with E-state index in [2.05, 4.69) is 16.0 Å². The number of halogens is 4. The van der Waals surface area contributed by atoms with Crippen LogP contribution in [-0.2, 0) is 11.0 Å². The van der Waals surface area contributed by atoms with Gasteiger partial charge in [-0.1, -0.05) is 29.8 Å². The van der Waals surface area contributed by atoms with Gasteiger partial charge in [0, 0.05) is 15.6 Å². The van der Waals surface area contributed by atoms with E-state index in [1.807, 2.05) is 18.2 Å². The summed E-state index contributed by atoms with van der Waals surface area (Å²) in [6, 6.07) is 17.7. The lowest BCUT2D eigenvalue weighted by Crippen LogP contribution is -2.24. The van der Waals surface area contributed by atoms with Crippen molar-refractivity contribution in [3.63, 3.8) is 0 Å². The molecule has 3 aromatic rings. The van der Waals surface area contributed by atoms with Crippen LogP contribution >= 0.6 is 35.6 Å². The van der Waals surface area contributed by atoms with E-state index in [1.165, 1.54) is 17.8 Å². The number of nitrogens with one attached hydrogen (secondary N) is 3. The molecule has 0 aromatic heterocycles. The Labute approximate surface area is 215 Å². The number of ether oxygens (including phenoxy) is 1. The van der Waals surface area contributed by atoms with Crippen LogP contribution in [0.2, 0.25) is 5.02 Å². The van der Waals surface area contributed by atoms with Gasteiger partial charge in [0.25, 0.3) is 0 Å². The van der Waals surface area contributed by atoms with Crippen LogP contribution in [0.15, 0.2) is 71.6 Å². The van der Waals surface area contributed by atoms with Crippen LogP contribution in [0.1, 0.15) is 12.5 Å². The summed E-state index contributed by atoms with van der Waals surface area (Å²) >= 11 is 12.3. The van der Waals surface area contributed by atoms with Crippen molar-refractivity contribution in [2.45, 2.75) is 23.2 Å². The van der Waals surface area contributed by atoms with Crippen molar-refractivity contribution in [2.75, 3.05) is 23.1 Å². The highest BCUT2D eigenvalue weighted by Crippen LogP contribution is 2.37. The zero-order chi connectivity index (χ0) is 25.6. The molecule has 3 rings (SSSR count). The van der Waals surface area contributed by atoms with Gasteiger partial charge in [-0.15, -0.1) is 11.8 Å². The second-order valence-corrected chi connectivity index (χ2v) is 9.50. The molecule has 5 nitrogen and oxygen atoms in total. The van der Waals surface area contributed by atoms with Gasteiger partial charge in [-0.05, 0) is 67.7 Å². The molecule has 0 spiro atoms. The van der Waals surface area contributed by atoms with Gasteiger partial charge in [-0.25, -0.2) is 0 Å². The maximum Gasteiger partial charge on any atom is 0.418 e. The summed E-state index contributed by atoms with van der Waals surface area (Å²) in [5.41, 5.74) is 0.0242. The molecule has 184 valence electrons.